The first-order valence-corrected chi connectivity index (χ1v) is 11.2. The standard InChI is InChI=1S/C23H25FN6O3S/c1-5-9-33-18-12-27-17(11-28-18)19(31)29-14-7-8-16(24)15(10-14)22(3)13-23(4,20(32)26-6-2)34-21(25)30-22/h1,7-8,10-12H,6,9,13H2,2-4H3,(H2,25,30)(H,26,32)(H,29,31)/t22-,23+/m0/s1. The number of ether oxygens (including phenoxy) is 1. The Morgan fingerprint density at radius 3 is 2.74 bits per heavy atom. The molecule has 2 heterocycles. The minimum Gasteiger partial charge on any atom is -0.463 e. The van der Waals surface area contributed by atoms with Crippen molar-refractivity contribution >= 4 is 34.4 Å². The van der Waals surface area contributed by atoms with Crippen molar-refractivity contribution in [2.75, 3.05) is 18.5 Å². The number of amidine groups is 1. The smallest absolute Gasteiger partial charge is 0.275 e. The molecule has 34 heavy (non-hydrogen) atoms. The Morgan fingerprint density at radius 1 is 1.32 bits per heavy atom. The number of hydrogen-bond acceptors (Lipinski definition) is 8. The van der Waals surface area contributed by atoms with Gasteiger partial charge in [0.2, 0.25) is 11.8 Å². The fourth-order valence-electron chi connectivity index (χ4n) is 3.69. The Labute approximate surface area is 201 Å². The van der Waals surface area contributed by atoms with Gasteiger partial charge in [-0.15, -0.1) is 6.42 Å². The predicted octanol–water partition coefficient (Wildman–Crippen LogP) is 2.44. The fourth-order valence-corrected chi connectivity index (χ4v) is 4.92. The monoisotopic (exact) mass is 484 g/mol. The van der Waals surface area contributed by atoms with Crippen LogP contribution in [0.4, 0.5) is 10.1 Å². The molecule has 0 unspecified atom stereocenters. The van der Waals surface area contributed by atoms with Gasteiger partial charge in [0.1, 0.15) is 16.3 Å². The number of halogens is 1. The van der Waals surface area contributed by atoms with Gasteiger partial charge in [-0.3, -0.25) is 14.6 Å². The third-order valence-electron chi connectivity index (χ3n) is 5.15. The van der Waals surface area contributed by atoms with Gasteiger partial charge in [0, 0.05) is 24.2 Å². The van der Waals surface area contributed by atoms with Gasteiger partial charge in [0.15, 0.2) is 11.8 Å². The molecule has 11 heteroatoms. The van der Waals surface area contributed by atoms with Crippen molar-refractivity contribution in [1.29, 1.82) is 0 Å². The summed E-state index contributed by atoms with van der Waals surface area (Å²) < 4.78 is 19.1. The molecule has 3 rings (SSSR count). The van der Waals surface area contributed by atoms with Gasteiger partial charge < -0.3 is 21.1 Å². The van der Waals surface area contributed by atoms with Crippen molar-refractivity contribution in [2.45, 2.75) is 37.5 Å². The van der Waals surface area contributed by atoms with Gasteiger partial charge in [0.05, 0.1) is 17.9 Å². The molecular weight excluding hydrogens is 459 g/mol. The SMILES string of the molecule is C#CCOc1cnc(C(=O)Nc2ccc(F)c([C@]3(C)C[C@](C)(C(=O)NCC)SC(N)=N3)c2)cn1. The number of rotatable bonds is 7. The van der Waals surface area contributed by atoms with Crippen LogP contribution in [-0.2, 0) is 10.3 Å². The van der Waals surface area contributed by atoms with Crippen LogP contribution in [0.15, 0.2) is 35.6 Å². The van der Waals surface area contributed by atoms with Crippen LogP contribution in [0.3, 0.4) is 0 Å². The summed E-state index contributed by atoms with van der Waals surface area (Å²) in [5, 5.41) is 5.65. The zero-order valence-corrected chi connectivity index (χ0v) is 19.8. The molecule has 0 radical (unpaired) electrons. The van der Waals surface area contributed by atoms with Gasteiger partial charge in [-0.05, 0) is 39.0 Å². The average Bonchev–Trinajstić information content (AvgIpc) is 2.78. The molecule has 2 atom stereocenters. The maximum absolute atomic E-state index is 15.0. The molecule has 0 spiro atoms. The van der Waals surface area contributed by atoms with E-state index in [0.29, 0.717) is 12.2 Å². The summed E-state index contributed by atoms with van der Waals surface area (Å²) >= 11 is 1.14. The van der Waals surface area contributed by atoms with Crippen LogP contribution in [0.2, 0.25) is 0 Å². The van der Waals surface area contributed by atoms with E-state index < -0.39 is 22.0 Å². The molecule has 1 aliphatic rings. The van der Waals surface area contributed by atoms with E-state index in [-0.39, 0.29) is 41.2 Å². The van der Waals surface area contributed by atoms with E-state index in [2.05, 4.69) is 31.5 Å². The number of nitrogens with zero attached hydrogens (tertiary/aromatic N) is 3. The zero-order chi connectivity index (χ0) is 24.9. The Balaban J connectivity index is 1.85. The lowest BCUT2D eigenvalue weighted by molar-refractivity contribution is -0.123. The summed E-state index contributed by atoms with van der Waals surface area (Å²) in [5.74, 6) is 1.21. The Hall–Kier alpha value is -3.65. The number of terminal acetylenes is 1. The molecule has 0 bridgehead atoms. The molecule has 0 aliphatic carbocycles. The number of carbonyl (C=O) groups excluding carboxylic acids is 2. The number of aliphatic imine (C=N–C) groups is 1. The van der Waals surface area contributed by atoms with E-state index in [1.54, 1.807) is 13.8 Å². The number of carbonyl (C=O) groups is 2. The number of amides is 2. The second-order valence-electron chi connectivity index (χ2n) is 7.97. The van der Waals surface area contributed by atoms with Crippen LogP contribution in [0.5, 0.6) is 5.88 Å². The minimum absolute atomic E-state index is 0.0298. The van der Waals surface area contributed by atoms with Crippen molar-refractivity contribution in [3.8, 4) is 18.2 Å². The topological polar surface area (TPSA) is 132 Å². The largest absolute Gasteiger partial charge is 0.463 e. The minimum atomic E-state index is -1.13. The highest BCUT2D eigenvalue weighted by Gasteiger charge is 2.47. The van der Waals surface area contributed by atoms with E-state index in [9.17, 15) is 14.0 Å². The van der Waals surface area contributed by atoms with Crippen LogP contribution >= 0.6 is 11.8 Å². The van der Waals surface area contributed by atoms with Crippen molar-refractivity contribution in [3.63, 3.8) is 0 Å². The summed E-state index contributed by atoms with van der Waals surface area (Å²) in [5.41, 5.74) is 5.48. The number of benzene rings is 1. The molecule has 178 valence electrons. The van der Waals surface area contributed by atoms with Gasteiger partial charge in [-0.25, -0.2) is 14.4 Å². The molecule has 0 saturated heterocycles. The van der Waals surface area contributed by atoms with Crippen LogP contribution in [-0.4, -0.2) is 44.8 Å². The summed E-state index contributed by atoms with van der Waals surface area (Å²) in [4.78, 5) is 37.8. The van der Waals surface area contributed by atoms with Crippen LogP contribution in [0.25, 0.3) is 0 Å². The first kappa shape index (κ1) is 25.0. The second kappa shape index (κ2) is 10.1. The lowest BCUT2D eigenvalue weighted by Gasteiger charge is -2.40. The summed E-state index contributed by atoms with van der Waals surface area (Å²) in [7, 11) is 0. The highest BCUT2D eigenvalue weighted by Crippen LogP contribution is 2.46. The first-order chi connectivity index (χ1) is 16.1. The second-order valence-corrected chi connectivity index (χ2v) is 9.50. The lowest BCUT2D eigenvalue weighted by atomic mass is 9.82. The third-order valence-corrected chi connectivity index (χ3v) is 6.24. The zero-order valence-electron chi connectivity index (χ0n) is 19.0. The number of anilines is 1. The van der Waals surface area contributed by atoms with Gasteiger partial charge >= 0.3 is 0 Å². The Morgan fingerprint density at radius 2 is 2.09 bits per heavy atom. The van der Waals surface area contributed by atoms with E-state index in [0.717, 1.165) is 11.8 Å². The van der Waals surface area contributed by atoms with Crippen LogP contribution in [0, 0.1) is 18.2 Å². The molecule has 2 aromatic rings. The Bertz CT molecular complexity index is 1170. The molecule has 9 nitrogen and oxygen atoms in total. The first-order valence-electron chi connectivity index (χ1n) is 10.4. The highest BCUT2D eigenvalue weighted by atomic mass is 32.2. The molecule has 1 aromatic carbocycles. The van der Waals surface area contributed by atoms with E-state index in [4.69, 9.17) is 16.9 Å². The molecule has 0 saturated carbocycles. The fraction of sp³-hybridized carbons (Fsp3) is 0.348. The maximum atomic E-state index is 15.0. The van der Waals surface area contributed by atoms with Crippen molar-refractivity contribution in [2.24, 2.45) is 10.7 Å². The number of nitrogens with one attached hydrogen (secondary N) is 2. The van der Waals surface area contributed by atoms with E-state index in [1.165, 1.54) is 30.6 Å². The molecule has 1 aliphatic heterocycles. The average molecular weight is 485 g/mol. The molecule has 0 fully saturated rings. The normalized spacial score (nSPS) is 21.7. The van der Waals surface area contributed by atoms with Crippen LogP contribution in [0.1, 0.15) is 43.2 Å². The summed E-state index contributed by atoms with van der Waals surface area (Å²) in [6.07, 6.45) is 7.86. The van der Waals surface area contributed by atoms with Crippen molar-refractivity contribution < 1.29 is 18.7 Å². The lowest BCUT2D eigenvalue weighted by Crippen LogP contribution is -2.50. The highest BCUT2D eigenvalue weighted by molar-refractivity contribution is 8.15. The Kier molecular flexibility index (Phi) is 7.41. The summed E-state index contributed by atoms with van der Waals surface area (Å²) in [6.45, 7) is 5.77. The van der Waals surface area contributed by atoms with Crippen molar-refractivity contribution in [3.05, 3.63) is 47.7 Å². The molecular formula is C23H25FN6O3S. The van der Waals surface area contributed by atoms with Crippen molar-refractivity contribution in [1.82, 2.24) is 15.3 Å². The van der Waals surface area contributed by atoms with Gasteiger partial charge in [-0.2, -0.15) is 0 Å². The van der Waals surface area contributed by atoms with Gasteiger partial charge in [-0.1, -0.05) is 17.7 Å². The van der Waals surface area contributed by atoms with Crippen LogP contribution < -0.4 is 21.1 Å². The molecule has 1 aromatic heterocycles. The summed E-state index contributed by atoms with van der Waals surface area (Å²) in [6, 6.07) is 4.14. The number of aromatic nitrogens is 2. The molecule has 2 amide bonds. The third kappa shape index (κ3) is 5.46. The number of hydrogen-bond donors (Lipinski definition) is 3. The predicted molar refractivity (Wildman–Crippen MR) is 129 cm³/mol. The van der Waals surface area contributed by atoms with E-state index in [1.807, 2.05) is 6.92 Å². The van der Waals surface area contributed by atoms with Gasteiger partial charge in [0.25, 0.3) is 5.91 Å². The maximum Gasteiger partial charge on any atom is 0.275 e. The van der Waals surface area contributed by atoms with E-state index >= 15 is 0 Å². The molecule has 4 N–H and O–H groups in total. The quantitative estimate of drug-likeness (QED) is 0.514. The number of thioether (sulfide) groups is 1. The number of nitrogens with two attached hydrogens (primary N) is 1.